The summed E-state index contributed by atoms with van der Waals surface area (Å²) in [6.45, 7) is 2.02. The highest BCUT2D eigenvalue weighted by Crippen LogP contribution is 2.20. The monoisotopic (exact) mass is 262 g/mol. The highest BCUT2D eigenvalue weighted by atomic mass is 16.5. The normalized spacial score (nSPS) is 10.0. The molecule has 0 aliphatic heterocycles. The summed E-state index contributed by atoms with van der Waals surface area (Å²) in [5, 5.41) is 13.0. The standard InChI is InChI=1S/C12H14N4O3/c1-3-19-12(17)10-11(15-16-14-10)13-8-4-6-9(18-2)7-5-8/h4-7H,3H2,1-2H3,(H2,13,14,15,16). The maximum atomic E-state index is 11.6. The molecule has 0 radical (unpaired) electrons. The molecule has 19 heavy (non-hydrogen) atoms. The van der Waals surface area contributed by atoms with Crippen LogP contribution in [-0.4, -0.2) is 35.1 Å². The number of methoxy groups -OCH3 is 1. The Kier molecular flexibility index (Phi) is 3.97. The van der Waals surface area contributed by atoms with E-state index in [1.165, 1.54) is 0 Å². The third-order valence-electron chi connectivity index (χ3n) is 2.37. The molecular weight excluding hydrogens is 248 g/mol. The molecule has 0 aliphatic carbocycles. The molecule has 7 nitrogen and oxygen atoms in total. The van der Waals surface area contributed by atoms with Crippen molar-refractivity contribution in [3.8, 4) is 5.75 Å². The summed E-state index contributed by atoms with van der Waals surface area (Å²) in [7, 11) is 1.60. The Morgan fingerprint density at radius 2 is 2.05 bits per heavy atom. The van der Waals surface area contributed by atoms with Crippen molar-refractivity contribution < 1.29 is 14.3 Å². The number of ether oxygens (including phenoxy) is 2. The van der Waals surface area contributed by atoms with Gasteiger partial charge in [0.15, 0.2) is 5.82 Å². The van der Waals surface area contributed by atoms with Gasteiger partial charge in [0.25, 0.3) is 0 Å². The topological polar surface area (TPSA) is 89.1 Å². The minimum Gasteiger partial charge on any atom is -0.497 e. The van der Waals surface area contributed by atoms with E-state index in [2.05, 4.69) is 20.7 Å². The second-order valence-corrected chi connectivity index (χ2v) is 3.59. The lowest BCUT2D eigenvalue weighted by molar-refractivity contribution is 0.0520. The number of anilines is 2. The van der Waals surface area contributed by atoms with Gasteiger partial charge < -0.3 is 14.8 Å². The van der Waals surface area contributed by atoms with Crippen molar-refractivity contribution in [3.05, 3.63) is 30.0 Å². The lowest BCUT2D eigenvalue weighted by atomic mass is 10.3. The fourth-order valence-corrected chi connectivity index (χ4v) is 1.47. The molecule has 1 aromatic carbocycles. The summed E-state index contributed by atoms with van der Waals surface area (Å²) in [5.74, 6) is 0.548. The number of carbonyl (C=O) groups is 1. The molecule has 0 saturated heterocycles. The van der Waals surface area contributed by atoms with Gasteiger partial charge in [-0.1, -0.05) is 0 Å². The first-order valence-corrected chi connectivity index (χ1v) is 5.73. The summed E-state index contributed by atoms with van der Waals surface area (Å²) in [6.07, 6.45) is 0. The number of aromatic nitrogens is 3. The van der Waals surface area contributed by atoms with Gasteiger partial charge in [-0.05, 0) is 31.2 Å². The summed E-state index contributed by atoms with van der Waals surface area (Å²) in [5.41, 5.74) is 0.887. The molecule has 0 saturated carbocycles. The van der Waals surface area contributed by atoms with Crippen molar-refractivity contribution in [2.75, 3.05) is 19.0 Å². The molecule has 2 N–H and O–H groups in total. The first-order valence-electron chi connectivity index (χ1n) is 5.73. The smallest absolute Gasteiger partial charge is 0.362 e. The number of hydrogen-bond donors (Lipinski definition) is 2. The number of rotatable bonds is 5. The fourth-order valence-electron chi connectivity index (χ4n) is 1.47. The van der Waals surface area contributed by atoms with E-state index < -0.39 is 5.97 Å². The first kappa shape index (κ1) is 12.9. The molecule has 0 atom stereocenters. The molecule has 7 heteroatoms. The lowest BCUT2D eigenvalue weighted by Gasteiger charge is -2.05. The number of hydrogen-bond acceptors (Lipinski definition) is 6. The fraction of sp³-hybridized carbons (Fsp3) is 0.250. The number of H-pyrrole nitrogens is 1. The average Bonchev–Trinajstić information content (AvgIpc) is 2.88. The Balaban J connectivity index is 2.14. The van der Waals surface area contributed by atoms with Crippen LogP contribution in [0.1, 0.15) is 17.4 Å². The van der Waals surface area contributed by atoms with Crippen LogP contribution in [0, 0.1) is 0 Å². The van der Waals surface area contributed by atoms with E-state index in [0.717, 1.165) is 11.4 Å². The molecule has 2 aromatic rings. The number of esters is 1. The molecule has 0 amide bonds. The van der Waals surface area contributed by atoms with Gasteiger partial charge in [0.05, 0.1) is 13.7 Å². The quantitative estimate of drug-likeness (QED) is 0.798. The van der Waals surface area contributed by atoms with Crippen molar-refractivity contribution in [1.82, 2.24) is 15.4 Å². The third-order valence-corrected chi connectivity index (χ3v) is 2.37. The SMILES string of the molecule is CCOC(=O)c1n[nH]nc1Nc1ccc(OC)cc1. The van der Waals surface area contributed by atoms with Gasteiger partial charge in [0.1, 0.15) is 5.75 Å². The summed E-state index contributed by atoms with van der Waals surface area (Å²) in [6, 6.07) is 7.21. The zero-order valence-electron chi connectivity index (χ0n) is 10.6. The Hall–Kier alpha value is -2.57. The third kappa shape index (κ3) is 3.01. The van der Waals surface area contributed by atoms with E-state index in [1.54, 1.807) is 26.2 Å². The van der Waals surface area contributed by atoms with Gasteiger partial charge >= 0.3 is 5.97 Å². The molecule has 0 unspecified atom stereocenters. The molecule has 0 fully saturated rings. The summed E-state index contributed by atoms with van der Waals surface area (Å²) >= 11 is 0. The number of benzene rings is 1. The van der Waals surface area contributed by atoms with Crippen molar-refractivity contribution in [2.45, 2.75) is 6.92 Å². The second-order valence-electron chi connectivity index (χ2n) is 3.59. The van der Waals surface area contributed by atoms with Crippen LogP contribution in [0.25, 0.3) is 0 Å². The molecule has 0 aliphatic rings. The zero-order valence-corrected chi connectivity index (χ0v) is 10.6. The van der Waals surface area contributed by atoms with Crippen LogP contribution >= 0.6 is 0 Å². The average molecular weight is 262 g/mol. The van der Waals surface area contributed by atoms with Gasteiger partial charge in [0, 0.05) is 5.69 Å². The largest absolute Gasteiger partial charge is 0.497 e. The van der Waals surface area contributed by atoms with Crippen LogP contribution in [0.2, 0.25) is 0 Å². The van der Waals surface area contributed by atoms with Gasteiger partial charge in [-0.2, -0.15) is 5.21 Å². The Morgan fingerprint density at radius 3 is 2.68 bits per heavy atom. The van der Waals surface area contributed by atoms with Crippen LogP contribution in [0.4, 0.5) is 11.5 Å². The van der Waals surface area contributed by atoms with E-state index in [-0.39, 0.29) is 12.3 Å². The second kappa shape index (κ2) is 5.85. The molecule has 1 heterocycles. The van der Waals surface area contributed by atoms with Gasteiger partial charge in [0.2, 0.25) is 5.69 Å². The molecule has 0 spiro atoms. The predicted molar refractivity (Wildman–Crippen MR) is 68.6 cm³/mol. The zero-order chi connectivity index (χ0) is 13.7. The Labute approximate surface area is 109 Å². The first-order chi connectivity index (χ1) is 9.24. The van der Waals surface area contributed by atoms with Gasteiger partial charge in [-0.3, -0.25) is 0 Å². The van der Waals surface area contributed by atoms with Crippen molar-refractivity contribution in [1.29, 1.82) is 0 Å². The predicted octanol–water partition coefficient (Wildman–Crippen LogP) is 1.73. The Morgan fingerprint density at radius 1 is 1.32 bits per heavy atom. The number of aromatic amines is 1. The van der Waals surface area contributed by atoms with Crippen molar-refractivity contribution >= 4 is 17.5 Å². The summed E-state index contributed by atoms with van der Waals surface area (Å²) in [4.78, 5) is 11.6. The van der Waals surface area contributed by atoms with Crippen molar-refractivity contribution in [3.63, 3.8) is 0 Å². The van der Waals surface area contributed by atoms with E-state index in [0.29, 0.717) is 5.82 Å². The molecule has 100 valence electrons. The van der Waals surface area contributed by atoms with Crippen LogP contribution in [0.3, 0.4) is 0 Å². The molecule has 1 aromatic heterocycles. The van der Waals surface area contributed by atoms with Crippen molar-refractivity contribution in [2.24, 2.45) is 0 Å². The van der Waals surface area contributed by atoms with Gasteiger partial charge in [-0.25, -0.2) is 4.79 Å². The van der Waals surface area contributed by atoms with E-state index in [9.17, 15) is 4.79 Å². The Bertz CT molecular complexity index is 550. The lowest BCUT2D eigenvalue weighted by Crippen LogP contribution is -2.08. The minimum atomic E-state index is -0.521. The maximum Gasteiger partial charge on any atom is 0.362 e. The van der Waals surface area contributed by atoms with Crippen LogP contribution in [0.5, 0.6) is 5.75 Å². The van der Waals surface area contributed by atoms with E-state index in [4.69, 9.17) is 9.47 Å². The van der Waals surface area contributed by atoms with E-state index in [1.807, 2.05) is 12.1 Å². The summed E-state index contributed by atoms with van der Waals surface area (Å²) < 4.78 is 9.94. The maximum absolute atomic E-state index is 11.6. The molecular formula is C12H14N4O3. The van der Waals surface area contributed by atoms with Crippen LogP contribution in [0.15, 0.2) is 24.3 Å². The number of nitrogens with one attached hydrogen (secondary N) is 2. The number of carbonyl (C=O) groups excluding carboxylic acids is 1. The van der Waals surface area contributed by atoms with E-state index >= 15 is 0 Å². The van der Waals surface area contributed by atoms with Gasteiger partial charge in [-0.15, -0.1) is 10.2 Å². The minimum absolute atomic E-state index is 0.123. The van der Waals surface area contributed by atoms with Crippen LogP contribution in [-0.2, 0) is 4.74 Å². The highest BCUT2D eigenvalue weighted by molar-refractivity contribution is 5.93. The molecule has 0 bridgehead atoms. The van der Waals surface area contributed by atoms with Crippen LogP contribution < -0.4 is 10.1 Å². The highest BCUT2D eigenvalue weighted by Gasteiger charge is 2.17. The number of nitrogens with zero attached hydrogens (tertiary/aromatic N) is 2. The molecule has 2 rings (SSSR count).